The van der Waals surface area contributed by atoms with Crippen LogP contribution in [-0.2, 0) is 0 Å². The Kier molecular flexibility index (Phi) is 11.0. The van der Waals surface area contributed by atoms with E-state index in [1.54, 1.807) is 0 Å². The molecule has 0 aliphatic rings. The van der Waals surface area contributed by atoms with Gasteiger partial charge in [0.25, 0.3) is 0 Å². The molecule has 0 saturated carbocycles. The Bertz CT molecular complexity index is 1820. The normalized spacial score (nSPS) is 11.3. The average molecular weight is 687 g/mol. The van der Waals surface area contributed by atoms with Crippen molar-refractivity contribution in [2.24, 2.45) is 10.2 Å². The SMILES string of the molecule is CN(C)c1ccc(C(c2ccc(N(C)C)cc2)c2cccc(N=Nc3cccc(C(c4ccc(N(C)C)cc4)c4ccc(N(C)C)cc4)c3)c2)cc1. The highest BCUT2D eigenvalue weighted by Gasteiger charge is 2.20. The van der Waals surface area contributed by atoms with Gasteiger partial charge in [-0.3, -0.25) is 0 Å². The molecule has 6 aromatic carbocycles. The van der Waals surface area contributed by atoms with E-state index in [1.807, 2.05) is 12.1 Å². The highest BCUT2D eigenvalue weighted by Crippen LogP contribution is 2.37. The number of anilines is 4. The van der Waals surface area contributed by atoms with E-state index in [0.29, 0.717) is 0 Å². The highest BCUT2D eigenvalue weighted by atomic mass is 15.1. The third-order valence-electron chi connectivity index (χ3n) is 9.66. The smallest absolute Gasteiger partial charge is 0.0860 e. The summed E-state index contributed by atoms with van der Waals surface area (Å²) >= 11 is 0. The summed E-state index contributed by atoms with van der Waals surface area (Å²) in [6, 6.07) is 52.3. The van der Waals surface area contributed by atoms with Crippen LogP contribution in [0.1, 0.15) is 45.2 Å². The van der Waals surface area contributed by atoms with Crippen molar-refractivity contribution in [1.82, 2.24) is 0 Å². The van der Waals surface area contributed by atoms with Gasteiger partial charge in [0.05, 0.1) is 11.4 Å². The molecule has 0 amide bonds. The van der Waals surface area contributed by atoms with Gasteiger partial charge in [0, 0.05) is 91.0 Å². The van der Waals surface area contributed by atoms with E-state index >= 15 is 0 Å². The third kappa shape index (κ3) is 8.35. The summed E-state index contributed by atoms with van der Waals surface area (Å²) in [5.74, 6) is 0.0915. The molecule has 0 radical (unpaired) electrons. The van der Waals surface area contributed by atoms with E-state index in [-0.39, 0.29) is 11.8 Å². The summed E-state index contributed by atoms with van der Waals surface area (Å²) in [4.78, 5) is 8.52. The van der Waals surface area contributed by atoms with E-state index < -0.39 is 0 Å². The molecule has 0 N–H and O–H groups in total. The van der Waals surface area contributed by atoms with Crippen molar-refractivity contribution < 1.29 is 0 Å². The molecule has 0 saturated heterocycles. The summed E-state index contributed by atoms with van der Waals surface area (Å²) in [5.41, 5.74) is 13.6. The zero-order chi connectivity index (χ0) is 36.8. The predicted molar refractivity (Wildman–Crippen MR) is 222 cm³/mol. The first-order valence-electron chi connectivity index (χ1n) is 17.8. The van der Waals surface area contributed by atoms with Crippen LogP contribution in [0.4, 0.5) is 34.1 Å². The molecule has 0 bridgehead atoms. The van der Waals surface area contributed by atoms with Gasteiger partial charge < -0.3 is 19.6 Å². The summed E-state index contributed by atoms with van der Waals surface area (Å²) in [6.07, 6.45) is 0. The standard InChI is InChI=1S/C46H50N6/c1-49(2)41-23-15-33(16-24-41)45(34-17-25-42(26-18-34)50(3)4)37-11-9-13-39(31-37)47-48-40-14-10-12-38(32-40)46(35-19-27-43(28-20-35)51(5)6)36-21-29-44(30-22-36)52(7)8/h9-32,45-46H,1-8H3. The van der Waals surface area contributed by atoms with E-state index in [2.05, 4.69) is 209 Å². The number of benzene rings is 6. The Labute approximate surface area is 310 Å². The van der Waals surface area contributed by atoms with Crippen molar-refractivity contribution in [1.29, 1.82) is 0 Å². The first-order chi connectivity index (χ1) is 25.1. The number of rotatable bonds is 12. The van der Waals surface area contributed by atoms with E-state index in [1.165, 1.54) is 56.1 Å². The van der Waals surface area contributed by atoms with Crippen LogP contribution >= 0.6 is 0 Å². The molecule has 0 unspecified atom stereocenters. The fourth-order valence-corrected chi connectivity index (χ4v) is 6.66. The van der Waals surface area contributed by atoms with Gasteiger partial charge in [0.15, 0.2) is 0 Å². The first kappa shape index (κ1) is 35.9. The van der Waals surface area contributed by atoms with Gasteiger partial charge in [-0.2, -0.15) is 10.2 Å². The summed E-state index contributed by atoms with van der Waals surface area (Å²) < 4.78 is 0. The molecule has 0 aliphatic carbocycles. The molecule has 0 spiro atoms. The number of hydrogen-bond donors (Lipinski definition) is 0. The van der Waals surface area contributed by atoms with E-state index in [0.717, 1.165) is 11.4 Å². The molecule has 264 valence electrons. The molecular weight excluding hydrogens is 637 g/mol. The first-order valence-corrected chi connectivity index (χ1v) is 17.8. The van der Waals surface area contributed by atoms with Crippen molar-refractivity contribution in [3.05, 3.63) is 179 Å². The Balaban J connectivity index is 1.33. The molecule has 0 heterocycles. The van der Waals surface area contributed by atoms with Crippen LogP contribution < -0.4 is 19.6 Å². The Hall–Kier alpha value is -5.88. The minimum Gasteiger partial charge on any atom is -0.378 e. The molecule has 0 aliphatic heterocycles. The van der Waals surface area contributed by atoms with Crippen LogP contribution in [0.2, 0.25) is 0 Å². The lowest BCUT2D eigenvalue weighted by Crippen LogP contribution is -2.10. The van der Waals surface area contributed by atoms with Crippen molar-refractivity contribution in [2.45, 2.75) is 11.8 Å². The number of nitrogens with zero attached hydrogens (tertiary/aromatic N) is 6. The lowest BCUT2D eigenvalue weighted by molar-refractivity contribution is 0.969. The number of azo groups is 1. The van der Waals surface area contributed by atoms with Gasteiger partial charge in [0.2, 0.25) is 0 Å². The van der Waals surface area contributed by atoms with Crippen LogP contribution in [0.3, 0.4) is 0 Å². The largest absolute Gasteiger partial charge is 0.378 e. The predicted octanol–water partition coefficient (Wildman–Crippen LogP) is 10.7. The van der Waals surface area contributed by atoms with Crippen LogP contribution in [0, 0.1) is 0 Å². The second-order valence-corrected chi connectivity index (χ2v) is 14.2. The van der Waals surface area contributed by atoms with Gasteiger partial charge in [0.1, 0.15) is 0 Å². The molecule has 0 aromatic heterocycles. The summed E-state index contributed by atoms with van der Waals surface area (Å²) in [6.45, 7) is 0. The topological polar surface area (TPSA) is 37.7 Å². The maximum atomic E-state index is 4.79. The summed E-state index contributed by atoms with van der Waals surface area (Å²) in [7, 11) is 16.6. The minimum absolute atomic E-state index is 0.0458. The van der Waals surface area contributed by atoms with Crippen molar-refractivity contribution in [3.63, 3.8) is 0 Å². The summed E-state index contributed by atoms with van der Waals surface area (Å²) in [5, 5.41) is 9.58. The monoisotopic (exact) mass is 686 g/mol. The van der Waals surface area contributed by atoms with Gasteiger partial charge in [-0.1, -0.05) is 72.8 Å². The fourth-order valence-electron chi connectivity index (χ4n) is 6.66. The van der Waals surface area contributed by atoms with E-state index in [4.69, 9.17) is 10.2 Å². The zero-order valence-electron chi connectivity index (χ0n) is 31.7. The van der Waals surface area contributed by atoms with Crippen molar-refractivity contribution in [3.8, 4) is 0 Å². The second-order valence-electron chi connectivity index (χ2n) is 14.2. The Morgan fingerprint density at radius 1 is 0.308 bits per heavy atom. The minimum atomic E-state index is 0.0458. The van der Waals surface area contributed by atoms with Gasteiger partial charge in [-0.25, -0.2) is 0 Å². The van der Waals surface area contributed by atoms with Gasteiger partial charge in [-0.15, -0.1) is 0 Å². The van der Waals surface area contributed by atoms with Gasteiger partial charge in [-0.05, 0) is 106 Å². The second kappa shape index (κ2) is 16.0. The Morgan fingerprint density at radius 2 is 0.558 bits per heavy atom. The van der Waals surface area contributed by atoms with Crippen LogP contribution in [-0.4, -0.2) is 56.4 Å². The molecule has 6 aromatic rings. The molecule has 52 heavy (non-hydrogen) atoms. The fraction of sp³-hybridized carbons (Fsp3) is 0.217. The van der Waals surface area contributed by atoms with E-state index in [9.17, 15) is 0 Å². The van der Waals surface area contributed by atoms with Crippen molar-refractivity contribution in [2.75, 3.05) is 76.0 Å². The average Bonchev–Trinajstić information content (AvgIpc) is 3.15. The van der Waals surface area contributed by atoms with Crippen LogP contribution in [0.15, 0.2) is 156 Å². The van der Waals surface area contributed by atoms with Crippen LogP contribution in [0.5, 0.6) is 0 Å². The highest BCUT2D eigenvalue weighted by molar-refractivity contribution is 5.57. The molecular formula is C46H50N6. The molecule has 0 fully saturated rings. The molecule has 0 atom stereocenters. The zero-order valence-corrected chi connectivity index (χ0v) is 31.7. The quantitative estimate of drug-likeness (QED) is 0.0949. The number of hydrogen-bond acceptors (Lipinski definition) is 6. The molecule has 6 heteroatoms. The third-order valence-corrected chi connectivity index (χ3v) is 9.66. The van der Waals surface area contributed by atoms with Crippen molar-refractivity contribution >= 4 is 34.1 Å². The Morgan fingerprint density at radius 3 is 0.788 bits per heavy atom. The molecule has 6 nitrogen and oxygen atoms in total. The van der Waals surface area contributed by atoms with Crippen LogP contribution in [0.25, 0.3) is 0 Å². The maximum Gasteiger partial charge on any atom is 0.0860 e. The maximum absolute atomic E-state index is 4.79. The molecule has 6 rings (SSSR count). The lowest BCUT2D eigenvalue weighted by atomic mass is 9.84. The lowest BCUT2D eigenvalue weighted by Gasteiger charge is -2.22. The van der Waals surface area contributed by atoms with Gasteiger partial charge >= 0.3 is 0 Å².